The van der Waals surface area contributed by atoms with Crippen LogP contribution in [0.5, 0.6) is 0 Å². The second-order valence-corrected chi connectivity index (χ2v) is 9.45. The fraction of sp³-hybridized carbons (Fsp3) is 0.348. The van der Waals surface area contributed by atoms with Gasteiger partial charge in [-0.2, -0.15) is 0 Å². The molecule has 2 aromatic rings. The van der Waals surface area contributed by atoms with Crippen LogP contribution in [0.4, 0.5) is 0 Å². The van der Waals surface area contributed by atoms with Crippen molar-refractivity contribution < 1.29 is 22.8 Å². The minimum absolute atomic E-state index is 0.00708. The van der Waals surface area contributed by atoms with E-state index >= 15 is 0 Å². The van der Waals surface area contributed by atoms with Gasteiger partial charge in [0.2, 0.25) is 15.9 Å². The van der Waals surface area contributed by atoms with Crippen molar-refractivity contribution >= 4 is 27.5 Å². The molecule has 0 aliphatic heterocycles. The number of hydrogen-bond acceptors (Lipinski definition) is 5. The Kier molecular flexibility index (Phi) is 6.71. The highest BCUT2D eigenvalue weighted by Crippen LogP contribution is 2.29. The first kappa shape index (κ1) is 22.8. The summed E-state index contributed by atoms with van der Waals surface area (Å²) in [5, 5.41) is 0. The van der Waals surface area contributed by atoms with E-state index in [0.29, 0.717) is 25.1 Å². The summed E-state index contributed by atoms with van der Waals surface area (Å²) >= 11 is 0. The van der Waals surface area contributed by atoms with E-state index in [4.69, 9.17) is 0 Å². The Morgan fingerprint density at radius 1 is 0.871 bits per heavy atom. The highest BCUT2D eigenvalue weighted by molar-refractivity contribution is 7.89. The molecule has 7 nitrogen and oxygen atoms in total. The van der Waals surface area contributed by atoms with E-state index in [1.54, 1.807) is 29.2 Å². The fourth-order valence-electron chi connectivity index (χ4n) is 3.73. The van der Waals surface area contributed by atoms with E-state index in [9.17, 15) is 22.8 Å². The first-order chi connectivity index (χ1) is 14.7. The monoisotopic (exact) mass is 442 g/mol. The van der Waals surface area contributed by atoms with Gasteiger partial charge in [0, 0.05) is 55.4 Å². The fourth-order valence-corrected chi connectivity index (χ4v) is 4.96. The first-order valence-corrected chi connectivity index (χ1v) is 11.7. The lowest BCUT2D eigenvalue weighted by Gasteiger charge is -2.21. The van der Waals surface area contributed by atoms with E-state index in [2.05, 4.69) is 0 Å². The van der Waals surface area contributed by atoms with Gasteiger partial charge in [-0.1, -0.05) is 24.3 Å². The molecule has 8 heteroatoms. The molecular weight excluding hydrogens is 416 g/mol. The number of rotatable bonds is 8. The molecule has 0 spiro atoms. The van der Waals surface area contributed by atoms with Crippen LogP contribution in [0.25, 0.3) is 0 Å². The number of ketones is 2. The van der Waals surface area contributed by atoms with Gasteiger partial charge in [0.05, 0.1) is 4.90 Å². The van der Waals surface area contributed by atoms with Crippen LogP contribution in [-0.4, -0.2) is 61.8 Å². The number of nitrogens with zero attached hydrogens (tertiary/aromatic N) is 2. The number of carbonyl (C=O) groups excluding carboxylic acids is 3. The zero-order valence-corrected chi connectivity index (χ0v) is 18.7. The molecule has 0 bridgehead atoms. The van der Waals surface area contributed by atoms with Crippen LogP contribution in [0.15, 0.2) is 47.4 Å². The Morgan fingerprint density at radius 3 is 2.00 bits per heavy atom. The third-order valence-electron chi connectivity index (χ3n) is 5.58. The lowest BCUT2D eigenvalue weighted by atomic mass is 9.84. The molecule has 1 amide bonds. The number of amides is 1. The SMILES string of the molecule is CCN(CC)C(=O)CCCN(C)S(=O)(=O)c1ccc2c(c1)C(=O)c1ccccc1C2=O. The third kappa shape index (κ3) is 4.31. The second kappa shape index (κ2) is 9.11. The molecule has 0 fully saturated rings. The van der Waals surface area contributed by atoms with E-state index < -0.39 is 10.0 Å². The maximum absolute atomic E-state index is 13.0. The summed E-state index contributed by atoms with van der Waals surface area (Å²) in [5.41, 5.74) is 0.897. The van der Waals surface area contributed by atoms with Crippen LogP contribution < -0.4 is 0 Å². The number of carbonyl (C=O) groups is 3. The standard InChI is InChI=1S/C23H26N2O5S/c1-4-25(5-2)21(26)11-8-14-24(3)31(29,30)16-12-13-19-20(15-16)23(28)18-10-7-6-9-17(18)22(19)27/h6-7,9-10,12-13,15H,4-5,8,11,14H2,1-3H3. The molecule has 0 heterocycles. The Morgan fingerprint density at radius 2 is 1.42 bits per heavy atom. The second-order valence-electron chi connectivity index (χ2n) is 7.41. The summed E-state index contributed by atoms with van der Waals surface area (Å²) in [4.78, 5) is 39.4. The molecule has 3 rings (SSSR count). The third-order valence-corrected chi connectivity index (χ3v) is 7.44. The van der Waals surface area contributed by atoms with Gasteiger partial charge in [-0.3, -0.25) is 14.4 Å². The topological polar surface area (TPSA) is 91.8 Å². The maximum Gasteiger partial charge on any atom is 0.242 e. The zero-order valence-electron chi connectivity index (χ0n) is 17.9. The summed E-state index contributed by atoms with van der Waals surface area (Å²) in [5.74, 6) is -0.667. The first-order valence-electron chi connectivity index (χ1n) is 10.3. The van der Waals surface area contributed by atoms with Crippen LogP contribution in [0.1, 0.15) is 58.5 Å². The number of benzene rings is 2. The van der Waals surface area contributed by atoms with Crippen LogP contribution in [0.2, 0.25) is 0 Å². The maximum atomic E-state index is 13.0. The molecule has 0 unspecified atom stereocenters. The predicted octanol–water partition coefficient (Wildman–Crippen LogP) is 2.73. The molecule has 0 aromatic heterocycles. The van der Waals surface area contributed by atoms with Gasteiger partial charge < -0.3 is 4.90 Å². The zero-order chi connectivity index (χ0) is 22.8. The Balaban J connectivity index is 1.79. The largest absolute Gasteiger partial charge is 0.343 e. The number of sulfonamides is 1. The summed E-state index contributed by atoms with van der Waals surface area (Å²) in [6, 6.07) is 10.5. The van der Waals surface area contributed by atoms with Crippen molar-refractivity contribution in [3.8, 4) is 0 Å². The van der Waals surface area contributed by atoms with Crippen molar-refractivity contribution in [1.82, 2.24) is 9.21 Å². The van der Waals surface area contributed by atoms with Crippen LogP contribution >= 0.6 is 0 Å². The van der Waals surface area contributed by atoms with Crippen molar-refractivity contribution in [3.05, 3.63) is 64.7 Å². The average Bonchev–Trinajstić information content (AvgIpc) is 2.77. The van der Waals surface area contributed by atoms with Crippen molar-refractivity contribution in [2.45, 2.75) is 31.6 Å². The number of fused-ring (bicyclic) bond motifs is 2. The molecular formula is C23H26N2O5S. The normalized spacial score (nSPS) is 13.2. The Hall–Kier alpha value is -2.84. The lowest BCUT2D eigenvalue weighted by molar-refractivity contribution is -0.130. The van der Waals surface area contributed by atoms with Crippen LogP contribution in [0.3, 0.4) is 0 Å². The van der Waals surface area contributed by atoms with Gasteiger partial charge >= 0.3 is 0 Å². The molecule has 1 aliphatic rings. The van der Waals surface area contributed by atoms with E-state index in [0.717, 1.165) is 0 Å². The summed E-state index contributed by atoms with van der Waals surface area (Å²) < 4.78 is 27.2. The quantitative estimate of drug-likeness (QED) is 0.535. The number of hydrogen-bond donors (Lipinski definition) is 0. The minimum atomic E-state index is -3.88. The van der Waals surface area contributed by atoms with Crippen LogP contribution in [-0.2, 0) is 14.8 Å². The van der Waals surface area contributed by atoms with Gasteiger partial charge in [-0.25, -0.2) is 12.7 Å². The highest BCUT2D eigenvalue weighted by Gasteiger charge is 2.31. The van der Waals surface area contributed by atoms with Gasteiger partial charge in [0.25, 0.3) is 0 Å². The average molecular weight is 443 g/mol. The molecule has 0 radical (unpaired) electrons. The smallest absolute Gasteiger partial charge is 0.242 e. The van der Waals surface area contributed by atoms with Crippen molar-refractivity contribution in [1.29, 1.82) is 0 Å². The van der Waals surface area contributed by atoms with Gasteiger partial charge in [0.15, 0.2) is 11.6 Å². The van der Waals surface area contributed by atoms with E-state index in [-0.39, 0.29) is 52.0 Å². The van der Waals surface area contributed by atoms with Crippen LogP contribution in [0, 0.1) is 0 Å². The molecule has 2 aromatic carbocycles. The molecule has 0 saturated heterocycles. The molecule has 0 saturated carbocycles. The van der Waals surface area contributed by atoms with Gasteiger partial charge in [-0.15, -0.1) is 0 Å². The van der Waals surface area contributed by atoms with Gasteiger partial charge in [-0.05, 0) is 38.5 Å². The predicted molar refractivity (Wildman–Crippen MR) is 117 cm³/mol. The molecule has 164 valence electrons. The highest BCUT2D eigenvalue weighted by atomic mass is 32.2. The lowest BCUT2D eigenvalue weighted by Crippen LogP contribution is -2.32. The van der Waals surface area contributed by atoms with E-state index in [1.807, 2.05) is 13.8 Å². The van der Waals surface area contributed by atoms with Crippen molar-refractivity contribution in [2.24, 2.45) is 0 Å². The molecule has 0 atom stereocenters. The van der Waals surface area contributed by atoms with Gasteiger partial charge in [0.1, 0.15) is 0 Å². The Labute approximate surface area is 182 Å². The molecule has 1 aliphatic carbocycles. The molecule has 31 heavy (non-hydrogen) atoms. The molecule has 0 N–H and O–H groups in total. The Bertz CT molecular complexity index is 1140. The summed E-state index contributed by atoms with van der Waals surface area (Å²) in [6.07, 6.45) is 0.649. The summed E-state index contributed by atoms with van der Waals surface area (Å²) in [7, 11) is -2.43. The van der Waals surface area contributed by atoms with Crippen molar-refractivity contribution in [3.63, 3.8) is 0 Å². The summed E-state index contributed by atoms with van der Waals surface area (Å²) in [6.45, 7) is 5.21. The minimum Gasteiger partial charge on any atom is -0.343 e. The van der Waals surface area contributed by atoms with E-state index in [1.165, 1.54) is 29.6 Å². The van der Waals surface area contributed by atoms with Crippen molar-refractivity contribution in [2.75, 3.05) is 26.7 Å².